The third kappa shape index (κ3) is 3.33. The van der Waals surface area contributed by atoms with Crippen molar-refractivity contribution in [3.63, 3.8) is 0 Å². The first-order valence-corrected chi connectivity index (χ1v) is 7.40. The number of nitro benzene ring substituents is 1. The molecule has 0 aliphatic rings. The second-order valence-electron chi connectivity index (χ2n) is 4.88. The summed E-state index contributed by atoms with van der Waals surface area (Å²) >= 11 is 1.75. The number of ether oxygens (including phenoxy) is 1. The summed E-state index contributed by atoms with van der Waals surface area (Å²) < 4.78 is 5.27. The number of thiophene rings is 1. The molecule has 1 N–H and O–H groups in total. The molecule has 0 saturated carbocycles. The molecule has 1 aromatic carbocycles. The molecule has 0 spiro atoms. The van der Waals surface area contributed by atoms with Gasteiger partial charge in [-0.3, -0.25) is 10.1 Å². The van der Waals surface area contributed by atoms with Gasteiger partial charge < -0.3 is 10.1 Å². The van der Waals surface area contributed by atoms with E-state index in [2.05, 4.69) is 25.2 Å². The summed E-state index contributed by atoms with van der Waals surface area (Å²) in [5.41, 5.74) is 1.87. The maximum absolute atomic E-state index is 10.9. The largest absolute Gasteiger partial charge is 0.495 e. The van der Waals surface area contributed by atoms with Crippen LogP contribution in [0.1, 0.15) is 28.3 Å². The molecule has 0 fully saturated rings. The van der Waals surface area contributed by atoms with Crippen LogP contribution >= 0.6 is 11.3 Å². The van der Waals surface area contributed by atoms with Gasteiger partial charge in [0.2, 0.25) is 0 Å². The normalized spacial score (nSPS) is 12.0. The van der Waals surface area contributed by atoms with Gasteiger partial charge in [0.15, 0.2) is 0 Å². The van der Waals surface area contributed by atoms with E-state index in [1.807, 2.05) is 6.92 Å². The molecule has 6 heteroatoms. The number of hydrogen-bond acceptors (Lipinski definition) is 5. The van der Waals surface area contributed by atoms with E-state index in [4.69, 9.17) is 4.74 Å². The SMILES string of the molecule is COc1ccc([N+](=O)[O-])cc1NC(C)c1cc(C)sc1C. The van der Waals surface area contributed by atoms with Gasteiger partial charge in [-0.2, -0.15) is 0 Å². The predicted molar refractivity (Wildman–Crippen MR) is 85.5 cm³/mol. The zero-order valence-electron chi connectivity index (χ0n) is 12.5. The quantitative estimate of drug-likeness (QED) is 0.654. The van der Waals surface area contributed by atoms with Gasteiger partial charge in [-0.15, -0.1) is 11.3 Å². The summed E-state index contributed by atoms with van der Waals surface area (Å²) in [4.78, 5) is 13.0. The minimum absolute atomic E-state index is 0.0451. The molecule has 1 unspecified atom stereocenters. The van der Waals surface area contributed by atoms with Gasteiger partial charge in [-0.1, -0.05) is 0 Å². The molecule has 2 aromatic rings. The van der Waals surface area contributed by atoms with Gasteiger partial charge >= 0.3 is 0 Å². The Bertz CT molecular complexity index is 667. The fraction of sp³-hybridized carbons (Fsp3) is 0.333. The van der Waals surface area contributed by atoms with Crippen LogP contribution in [0.3, 0.4) is 0 Å². The lowest BCUT2D eigenvalue weighted by molar-refractivity contribution is -0.384. The van der Waals surface area contributed by atoms with E-state index >= 15 is 0 Å². The van der Waals surface area contributed by atoms with Gasteiger partial charge in [0.25, 0.3) is 5.69 Å². The zero-order chi connectivity index (χ0) is 15.6. The minimum atomic E-state index is -0.407. The van der Waals surface area contributed by atoms with Crippen LogP contribution in [0, 0.1) is 24.0 Å². The predicted octanol–water partition coefficient (Wildman–Crippen LogP) is 4.45. The Morgan fingerprint density at radius 1 is 1.33 bits per heavy atom. The summed E-state index contributed by atoms with van der Waals surface area (Å²) in [6.45, 7) is 6.18. The highest BCUT2D eigenvalue weighted by Crippen LogP contribution is 2.34. The monoisotopic (exact) mass is 306 g/mol. The van der Waals surface area contributed by atoms with Gasteiger partial charge in [-0.25, -0.2) is 0 Å². The average Bonchev–Trinajstić information content (AvgIpc) is 2.77. The van der Waals surface area contributed by atoms with E-state index in [0.29, 0.717) is 11.4 Å². The number of methoxy groups -OCH3 is 1. The molecule has 0 aliphatic heterocycles. The molecular formula is C15H18N2O3S. The molecule has 21 heavy (non-hydrogen) atoms. The summed E-state index contributed by atoms with van der Waals surface area (Å²) in [7, 11) is 1.55. The van der Waals surface area contributed by atoms with Crippen molar-refractivity contribution < 1.29 is 9.66 Å². The van der Waals surface area contributed by atoms with Crippen molar-refractivity contribution in [2.24, 2.45) is 0 Å². The number of rotatable bonds is 5. The van der Waals surface area contributed by atoms with E-state index in [1.54, 1.807) is 24.5 Å². The Kier molecular flexibility index (Phi) is 4.47. The van der Waals surface area contributed by atoms with Crippen LogP contribution in [-0.2, 0) is 0 Å². The van der Waals surface area contributed by atoms with Crippen LogP contribution in [0.2, 0.25) is 0 Å². The highest BCUT2D eigenvalue weighted by atomic mass is 32.1. The number of nitrogens with zero attached hydrogens (tertiary/aromatic N) is 1. The summed E-state index contributed by atoms with van der Waals surface area (Å²) in [6, 6.07) is 6.74. The molecule has 112 valence electrons. The molecule has 5 nitrogen and oxygen atoms in total. The number of hydrogen-bond donors (Lipinski definition) is 1. The van der Waals surface area contributed by atoms with Gasteiger partial charge in [0, 0.05) is 27.9 Å². The smallest absolute Gasteiger partial charge is 0.271 e. The van der Waals surface area contributed by atoms with E-state index in [1.165, 1.54) is 27.5 Å². The molecule has 2 rings (SSSR count). The van der Waals surface area contributed by atoms with Crippen LogP contribution in [0.4, 0.5) is 11.4 Å². The second-order valence-corrected chi connectivity index (χ2v) is 6.34. The lowest BCUT2D eigenvalue weighted by Crippen LogP contribution is -2.08. The summed E-state index contributed by atoms with van der Waals surface area (Å²) in [6.07, 6.45) is 0. The standard InChI is InChI=1S/C15H18N2O3S/c1-9-7-13(11(3)21-9)10(2)16-14-8-12(17(18)19)5-6-15(14)20-4/h5-8,10,16H,1-4H3. The number of nitrogens with one attached hydrogen (secondary N) is 1. The zero-order valence-corrected chi connectivity index (χ0v) is 13.3. The van der Waals surface area contributed by atoms with E-state index in [0.717, 1.165) is 0 Å². The molecule has 1 atom stereocenters. The third-order valence-corrected chi connectivity index (χ3v) is 4.29. The van der Waals surface area contributed by atoms with Crippen molar-refractivity contribution in [2.75, 3.05) is 12.4 Å². The van der Waals surface area contributed by atoms with Crippen molar-refractivity contribution in [3.05, 3.63) is 49.7 Å². The van der Waals surface area contributed by atoms with Crippen molar-refractivity contribution in [3.8, 4) is 5.75 Å². The number of nitro groups is 1. The van der Waals surface area contributed by atoms with Gasteiger partial charge in [-0.05, 0) is 38.5 Å². The van der Waals surface area contributed by atoms with E-state index < -0.39 is 4.92 Å². The minimum Gasteiger partial charge on any atom is -0.495 e. The van der Waals surface area contributed by atoms with E-state index in [-0.39, 0.29) is 11.7 Å². The lowest BCUT2D eigenvalue weighted by atomic mass is 10.1. The van der Waals surface area contributed by atoms with Gasteiger partial charge in [0.1, 0.15) is 5.75 Å². The van der Waals surface area contributed by atoms with E-state index in [9.17, 15) is 10.1 Å². The van der Waals surface area contributed by atoms with Crippen LogP contribution in [0.15, 0.2) is 24.3 Å². The van der Waals surface area contributed by atoms with Crippen molar-refractivity contribution in [1.82, 2.24) is 0 Å². The van der Waals surface area contributed by atoms with Crippen molar-refractivity contribution in [1.29, 1.82) is 0 Å². The first-order chi connectivity index (χ1) is 9.92. The van der Waals surface area contributed by atoms with Crippen LogP contribution in [0.5, 0.6) is 5.75 Å². The first-order valence-electron chi connectivity index (χ1n) is 6.58. The molecule has 1 aromatic heterocycles. The molecule has 0 bridgehead atoms. The fourth-order valence-corrected chi connectivity index (χ4v) is 3.34. The maximum Gasteiger partial charge on any atom is 0.271 e. The molecule has 0 radical (unpaired) electrons. The highest BCUT2D eigenvalue weighted by molar-refractivity contribution is 7.12. The molecule has 1 heterocycles. The Morgan fingerprint density at radius 3 is 2.57 bits per heavy atom. The Labute approximate surface area is 127 Å². The third-order valence-electron chi connectivity index (χ3n) is 3.31. The number of benzene rings is 1. The summed E-state index contributed by atoms with van der Waals surface area (Å²) in [5.74, 6) is 0.594. The Hall–Kier alpha value is -2.08. The van der Waals surface area contributed by atoms with Crippen LogP contribution < -0.4 is 10.1 Å². The maximum atomic E-state index is 10.9. The Morgan fingerprint density at radius 2 is 2.05 bits per heavy atom. The molecular weight excluding hydrogens is 288 g/mol. The second kappa shape index (κ2) is 6.13. The molecule has 0 amide bonds. The Balaban J connectivity index is 2.31. The van der Waals surface area contributed by atoms with Crippen LogP contribution in [0.25, 0.3) is 0 Å². The summed E-state index contributed by atoms with van der Waals surface area (Å²) in [5, 5.41) is 14.2. The van der Waals surface area contributed by atoms with Crippen LogP contribution in [-0.4, -0.2) is 12.0 Å². The number of aryl methyl sites for hydroxylation is 2. The van der Waals surface area contributed by atoms with Crippen molar-refractivity contribution in [2.45, 2.75) is 26.8 Å². The number of anilines is 1. The average molecular weight is 306 g/mol. The highest BCUT2D eigenvalue weighted by Gasteiger charge is 2.16. The lowest BCUT2D eigenvalue weighted by Gasteiger charge is -2.17. The van der Waals surface area contributed by atoms with Gasteiger partial charge in [0.05, 0.1) is 17.7 Å². The molecule has 0 saturated heterocycles. The topological polar surface area (TPSA) is 64.4 Å². The first kappa shape index (κ1) is 15.3. The van der Waals surface area contributed by atoms with Crippen molar-refractivity contribution >= 4 is 22.7 Å². The molecule has 0 aliphatic carbocycles. The number of non-ortho nitro benzene ring substituents is 1. The fourth-order valence-electron chi connectivity index (χ4n) is 2.31.